The quantitative estimate of drug-likeness (QED) is 0.443. The molecule has 0 atom stereocenters. The second-order valence-electron chi connectivity index (χ2n) is 3.06. The zero-order valence-corrected chi connectivity index (χ0v) is 7.65. The lowest BCUT2D eigenvalue weighted by Gasteiger charge is -1.94. The van der Waals surface area contributed by atoms with Crippen molar-refractivity contribution in [2.75, 3.05) is 0 Å². The third-order valence-electron chi connectivity index (χ3n) is 1.98. The molecule has 1 aromatic rings. The fourth-order valence-corrected chi connectivity index (χ4v) is 1.22. The number of aromatic hydroxyl groups is 1. The first-order chi connectivity index (χ1) is 7.16. The summed E-state index contributed by atoms with van der Waals surface area (Å²) >= 11 is 0. The van der Waals surface area contributed by atoms with Crippen LogP contribution in [0, 0.1) is 0 Å². The predicted molar refractivity (Wildman–Crippen MR) is 52.4 cm³/mol. The second-order valence-corrected chi connectivity index (χ2v) is 3.06. The molecule has 2 amide bonds. The van der Waals surface area contributed by atoms with E-state index in [4.69, 9.17) is 5.11 Å². The van der Waals surface area contributed by atoms with Crippen molar-refractivity contribution < 1.29 is 14.7 Å². The Kier molecular flexibility index (Phi) is 2.13. The van der Waals surface area contributed by atoms with E-state index in [2.05, 4.69) is 10.9 Å². The lowest BCUT2D eigenvalue weighted by Crippen LogP contribution is -2.28. The summed E-state index contributed by atoms with van der Waals surface area (Å²) in [5, 5.41) is 9.04. The summed E-state index contributed by atoms with van der Waals surface area (Å²) in [6.45, 7) is 0. The molecule has 0 spiro atoms. The van der Waals surface area contributed by atoms with Crippen LogP contribution in [0.2, 0.25) is 0 Å². The number of amides is 2. The molecule has 76 valence electrons. The smallest absolute Gasteiger partial charge is 0.275 e. The summed E-state index contributed by atoms with van der Waals surface area (Å²) in [5.74, 6) is -0.765. The Labute approximate surface area is 85.4 Å². The van der Waals surface area contributed by atoms with Crippen molar-refractivity contribution in [1.82, 2.24) is 10.9 Å². The molecular weight excluding hydrogens is 196 g/mol. The first-order valence-corrected chi connectivity index (χ1v) is 4.28. The van der Waals surface area contributed by atoms with Crippen LogP contribution in [0.25, 0.3) is 6.08 Å². The molecule has 3 N–H and O–H groups in total. The normalized spacial score (nSPS) is 14.8. The molecule has 5 heteroatoms. The molecule has 0 aliphatic carbocycles. The van der Waals surface area contributed by atoms with Gasteiger partial charge in [-0.25, -0.2) is 0 Å². The second kappa shape index (κ2) is 3.45. The summed E-state index contributed by atoms with van der Waals surface area (Å²) in [7, 11) is 0. The highest BCUT2D eigenvalue weighted by Crippen LogP contribution is 2.13. The molecule has 0 aromatic heterocycles. The van der Waals surface area contributed by atoms with E-state index in [1.165, 1.54) is 18.2 Å². The molecule has 1 fully saturated rings. The molecular formula is C10H8N2O3. The van der Waals surface area contributed by atoms with E-state index in [1.54, 1.807) is 12.1 Å². The van der Waals surface area contributed by atoms with E-state index >= 15 is 0 Å². The van der Waals surface area contributed by atoms with Crippen LogP contribution in [-0.2, 0) is 9.59 Å². The largest absolute Gasteiger partial charge is 0.508 e. The Morgan fingerprint density at radius 3 is 2.07 bits per heavy atom. The topological polar surface area (TPSA) is 78.4 Å². The van der Waals surface area contributed by atoms with Gasteiger partial charge in [0.2, 0.25) is 0 Å². The van der Waals surface area contributed by atoms with Gasteiger partial charge in [0, 0.05) is 0 Å². The zero-order chi connectivity index (χ0) is 10.8. The lowest BCUT2D eigenvalue weighted by atomic mass is 10.1. The third-order valence-corrected chi connectivity index (χ3v) is 1.98. The van der Waals surface area contributed by atoms with Crippen LogP contribution in [0.3, 0.4) is 0 Å². The monoisotopic (exact) mass is 204 g/mol. The van der Waals surface area contributed by atoms with E-state index in [0.717, 1.165) is 0 Å². The molecule has 1 saturated heterocycles. The number of phenolic OH excluding ortho intramolecular Hbond substituents is 1. The molecule has 1 aliphatic heterocycles. The van der Waals surface area contributed by atoms with Crippen LogP contribution in [0.1, 0.15) is 5.56 Å². The highest BCUT2D eigenvalue weighted by atomic mass is 16.3. The third kappa shape index (κ3) is 1.80. The SMILES string of the molecule is O=C1NNC(=O)C1=Cc1ccc(O)cc1. The Bertz CT molecular complexity index is 430. The molecule has 5 nitrogen and oxygen atoms in total. The van der Waals surface area contributed by atoms with Gasteiger partial charge in [0.25, 0.3) is 11.8 Å². The first-order valence-electron chi connectivity index (χ1n) is 4.28. The van der Waals surface area contributed by atoms with Crippen LogP contribution in [0.4, 0.5) is 0 Å². The number of hydrazine groups is 1. The van der Waals surface area contributed by atoms with Gasteiger partial charge in [-0.2, -0.15) is 0 Å². The lowest BCUT2D eigenvalue weighted by molar-refractivity contribution is -0.117. The number of carbonyl (C=O) groups is 2. The van der Waals surface area contributed by atoms with Crippen molar-refractivity contribution in [1.29, 1.82) is 0 Å². The minimum atomic E-state index is -0.451. The molecule has 15 heavy (non-hydrogen) atoms. The van der Waals surface area contributed by atoms with Crippen LogP contribution >= 0.6 is 0 Å². The maximum absolute atomic E-state index is 11.1. The van der Waals surface area contributed by atoms with Crippen molar-refractivity contribution in [3.8, 4) is 5.75 Å². The molecule has 1 aliphatic rings. The summed E-state index contributed by atoms with van der Waals surface area (Å²) in [6.07, 6.45) is 1.46. The number of carbonyl (C=O) groups excluding carboxylic acids is 2. The zero-order valence-electron chi connectivity index (χ0n) is 7.65. The van der Waals surface area contributed by atoms with Gasteiger partial charge in [-0.1, -0.05) is 12.1 Å². The molecule has 0 saturated carbocycles. The average Bonchev–Trinajstić information content (AvgIpc) is 2.53. The highest BCUT2D eigenvalue weighted by Gasteiger charge is 2.24. The minimum absolute atomic E-state index is 0.0562. The van der Waals surface area contributed by atoms with Gasteiger partial charge in [-0.05, 0) is 23.8 Å². The number of nitrogens with one attached hydrogen (secondary N) is 2. The van der Waals surface area contributed by atoms with Crippen molar-refractivity contribution >= 4 is 17.9 Å². The van der Waals surface area contributed by atoms with E-state index in [-0.39, 0.29) is 11.3 Å². The molecule has 1 heterocycles. The number of phenols is 1. The maximum atomic E-state index is 11.1. The van der Waals surface area contributed by atoms with E-state index < -0.39 is 11.8 Å². The number of benzene rings is 1. The van der Waals surface area contributed by atoms with E-state index in [0.29, 0.717) is 5.56 Å². The molecule has 0 unspecified atom stereocenters. The van der Waals surface area contributed by atoms with Crippen molar-refractivity contribution in [3.63, 3.8) is 0 Å². The van der Waals surface area contributed by atoms with Gasteiger partial charge in [0.1, 0.15) is 11.3 Å². The van der Waals surface area contributed by atoms with Crippen molar-refractivity contribution in [2.24, 2.45) is 0 Å². The molecule has 0 radical (unpaired) electrons. The summed E-state index contributed by atoms with van der Waals surface area (Å²) in [4.78, 5) is 22.3. The van der Waals surface area contributed by atoms with Crippen LogP contribution < -0.4 is 10.9 Å². The number of hydrogen-bond acceptors (Lipinski definition) is 3. The van der Waals surface area contributed by atoms with Gasteiger partial charge < -0.3 is 5.11 Å². The maximum Gasteiger partial charge on any atom is 0.275 e. The first kappa shape index (κ1) is 9.26. The minimum Gasteiger partial charge on any atom is -0.508 e. The van der Waals surface area contributed by atoms with E-state index in [1.807, 2.05) is 0 Å². The van der Waals surface area contributed by atoms with Gasteiger partial charge in [-0.3, -0.25) is 20.4 Å². The average molecular weight is 204 g/mol. The van der Waals surface area contributed by atoms with Gasteiger partial charge in [0.05, 0.1) is 0 Å². The van der Waals surface area contributed by atoms with Crippen LogP contribution in [-0.4, -0.2) is 16.9 Å². The van der Waals surface area contributed by atoms with Gasteiger partial charge >= 0.3 is 0 Å². The standard InChI is InChI=1S/C10H8N2O3/c13-7-3-1-6(2-4-7)5-8-9(14)11-12-10(8)15/h1-5,13H,(H,11,14)(H,12,15). The number of rotatable bonds is 1. The fraction of sp³-hybridized carbons (Fsp3) is 0. The Balaban J connectivity index is 2.33. The fourth-order valence-electron chi connectivity index (χ4n) is 1.22. The predicted octanol–water partition coefficient (Wildman–Crippen LogP) is -0.0634. The molecule has 1 aromatic carbocycles. The summed E-state index contributed by atoms with van der Waals surface area (Å²) < 4.78 is 0. The van der Waals surface area contributed by atoms with Gasteiger partial charge in [-0.15, -0.1) is 0 Å². The van der Waals surface area contributed by atoms with E-state index in [9.17, 15) is 9.59 Å². The van der Waals surface area contributed by atoms with Crippen LogP contribution in [0.5, 0.6) is 5.75 Å². The van der Waals surface area contributed by atoms with Crippen molar-refractivity contribution in [3.05, 3.63) is 35.4 Å². The van der Waals surface area contributed by atoms with Crippen molar-refractivity contribution in [2.45, 2.75) is 0 Å². The Morgan fingerprint density at radius 2 is 1.53 bits per heavy atom. The molecule has 2 rings (SSSR count). The Morgan fingerprint density at radius 1 is 1.00 bits per heavy atom. The summed E-state index contributed by atoms with van der Waals surface area (Å²) in [6, 6.07) is 6.19. The molecule has 0 bridgehead atoms. The van der Waals surface area contributed by atoms with Crippen LogP contribution in [0.15, 0.2) is 29.8 Å². The Hall–Kier alpha value is -2.30. The highest BCUT2D eigenvalue weighted by molar-refractivity contribution is 6.25. The number of hydrogen-bond donors (Lipinski definition) is 3. The summed E-state index contributed by atoms with van der Waals surface area (Å²) in [5.41, 5.74) is 5.12. The van der Waals surface area contributed by atoms with Gasteiger partial charge in [0.15, 0.2) is 0 Å².